The number of ether oxygens (including phenoxy) is 1. The normalized spacial score (nSPS) is 10.7. The third-order valence-corrected chi connectivity index (χ3v) is 2.60. The van der Waals surface area contributed by atoms with E-state index in [0.717, 1.165) is 11.4 Å². The Morgan fingerprint density at radius 1 is 1.47 bits per heavy atom. The highest BCUT2D eigenvalue weighted by molar-refractivity contribution is 7.99. The first-order valence-corrected chi connectivity index (χ1v) is 6.07. The molecular weight excluding hydrogens is 208 g/mol. The fourth-order valence-corrected chi connectivity index (χ4v) is 1.82. The molecule has 84 valence electrons. The third kappa shape index (κ3) is 4.00. The first-order valence-electron chi connectivity index (χ1n) is 5.19. The first kappa shape index (κ1) is 12.2. The van der Waals surface area contributed by atoms with Crippen molar-refractivity contribution in [3.8, 4) is 5.88 Å². The van der Waals surface area contributed by atoms with Gasteiger partial charge in [-0.25, -0.2) is 4.98 Å². The van der Waals surface area contributed by atoms with E-state index in [0.29, 0.717) is 23.4 Å². The molecule has 0 bridgehead atoms. The maximum atomic E-state index is 5.76. The molecule has 0 aliphatic rings. The summed E-state index contributed by atoms with van der Waals surface area (Å²) < 4.78 is 5.46. The molecule has 0 amide bonds. The van der Waals surface area contributed by atoms with Crippen molar-refractivity contribution in [1.82, 2.24) is 4.98 Å². The molecule has 1 rings (SSSR count). The summed E-state index contributed by atoms with van der Waals surface area (Å²) in [6.07, 6.45) is 0.961. The summed E-state index contributed by atoms with van der Waals surface area (Å²) in [5, 5.41) is 1.48. The number of aromatic nitrogens is 1. The molecule has 15 heavy (non-hydrogen) atoms. The van der Waals surface area contributed by atoms with Gasteiger partial charge in [0.1, 0.15) is 5.03 Å². The first-order chi connectivity index (χ1) is 7.13. The van der Waals surface area contributed by atoms with Gasteiger partial charge < -0.3 is 10.5 Å². The molecule has 0 fully saturated rings. The van der Waals surface area contributed by atoms with Gasteiger partial charge in [0, 0.05) is 5.25 Å². The van der Waals surface area contributed by atoms with Crippen molar-refractivity contribution >= 4 is 17.4 Å². The molecule has 1 aromatic heterocycles. The van der Waals surface area contributed by atoms with E-state index in [4.69, 9.17) is 10.5 Å². The van der Waals surface area contributed by atoms with Crippen LogP contribution in [0.4, 0.5) is 5.69 Å². The molecule has 1 aromatic rings. The van der Waals surface area contributed by atoms with Crippen LogP contribution in [-0.4, -0.2) is 16.8 Å². The molecule has 0 saturated carbocycles. The van der Waals surface area contributed by atoms with Crippen LogP contribution in [0.25, 0.3) is 0 Å². The SMILES string of the molecule is CCCOc1nc(SC(C)C)ccc1N. The fourth-order valence-electron chi connectivity index (χ4n) is 1.06. The van der Waals surface area contributed by atoms with Crippen LogP contribution >= 0.6 is 11.8 Å². The molecule has 0 aromatic carbocycles. The van der Waals surface area contributed by atoms with Crippen LogP contribution < -0.4 is 10.5 Å². The van der Waals surface area contributed by atoms with Gasteiger partial charge in [0.2, 0.25) is 5.88 Å². The molecule has 0 unspecified atom stereocenters. The fraction of sp³-hybridized carbons (Fsp3) is 0.545. The summed E-state index contributed by atoms with van der Waals surface area (Å²) >= 11 is 1.71. The van der Waals surface area contributed by atoms with Crippen molar-refractivity contribution in [1.29, 1.82) is 0 Å². The predicted octanol–water partition coefficient (Wildman–Crippen LogP) is 2.95. The lowest BCUT2D eigenvalue weighted by molar-refractivity contribution is 0.305. The molecule has 0 radical (unpaired) electrons. The number of nitrogens with two attached hydrogens (primary N) is 1. The predicted molar refractivity (Wildman–Crippen MR) is 65.4 cm³/mol. The van der Waals surface area contributed by atoms with E-state index in [2.05, 4.69) is 25.8 Å². The summed E-state index contributed by atoms with van der Waals surface area (Å²) in [5.41, 5.74) is 6.37. The van der Waals surface area contributed by atoms with Crippen LogP contribution in [0.5, 0.6) is 5.88 Å². The quantitative estimate of drug-likeness (QED) is 0.784. The van der Waals surface area contributed by atoms with Gasteiger partial charge in [0.15, 0.2) is 0 Å². The van der Waals surface area contributed by atoms with Gasteiger partial charge in [-0.15, -0.1) is 11.8 Å². The zero-order valence-electron chi connectivity index (χ0n) is 9.49. The number of rotatable bonds is 5. The lowest BCUT2D eigenvalue weighted by atomic mass is 10.4. The monoisotopic (exact) mass is 226 g/mol. The van der Waals surface area contributed by atoms with E-state index < -0.39 is 0 Å². The van der Waals surface area contributed by atoms with Gasteiger partial charge in [0.05, 0.1) is 12.3 Å². The Morgan fingerprint density at radius 2 is 2.20 bits per heavy atom. The number of nitrogen functional groups attached to an aromatic ring is 1. The Morgan fingerprint density at radius 3 is 2.80 bits per heavy atom. The standard InChI is InChI=1S/C11H18N2OS/c1-4-7-14-11-9(12)5-6-10(13-11)15-8(2)3/h5-6,8H,4,7,12H2,1-3H3. The zero-order valence-corrected chi connectivity index (χ0v) is 10.3. The van der Waals surface area contributed by atoms with Gasteiger partial charge in [-0.2, -0.15) is 0 Å². The molecule has 4 heteroatoms. The van der Waals surface area contributed by atoms with Crippen LogP contribution in [0.3, 0.4) is 0 Å². The van der Waals surface area contributed by atoms with Crippen molar-refractivity contribution in [2.24, 2.45) is 0 Å². The average molecular weight is 226 g/mol. The minimum atomic E-state index is 0.514. The molecule has 0 atom stereocenters. The largest absolute Gasteiger partial charge is 0.476 e. The average Bonchev–Trinajstić information content (AvgIpc) is 2.18. The second-order valence-corrected chi connectivity index (χ2v) is 5.16. The topological polar surface area (TPSA) is 48.1 Å². The lowest BCUT2D eigenvalue weighted by Crippen LogP contribution is -2.02. The Balaban J connectivity index is 2.75. The van der Waals surface area contributed by atoms with Crippen molar-refractivity contribution < 1.29 is 4.74 Å². The third-order valence-electron chi connectivity index (χ3n) is 1.66. The van der Waals surface area contributed by atoms with Gasteiger partial charge in [-0.1, -0.05) is 20.8 Å². The van der Waals surface area contributed by atoms with E-state index >= 15 is 0 Å². The Labute approximate surface area is 95.4 Å². The van der Waals surface area contributed by atoms with Crippen molar-refractivity contribution in [3.05, 3.63) is 12.1 Å². The number of hydrogen-bond acceptors (Lipinski definition) is 4. The Kier molecular flexibility index (Phi) is 4.75. The minimum absolute atomic E-state index is 0.514. The van der Waals surface area contributed by atoms with Gasteiger partial charge in [-0.3, -0.25) is 0 Å². The summed E-state index contributed by atoms with van der Waals surface area (Å²) in [4.78, 5) is 4.37. The van der Waals surface area contributed by atoms with Crippen LogP contribution in [0.15, 0.2) is 17.2 Å². The van der Waals surface area contributed by atoms with Crippen molar-refractivity contribution in [2.75, 3.05) is 12.3 Å². The molecular formula is C11H18N2OS. The van der Waals surface area contributed by atoms with Crippen molar-refractivity contribution in [3.63, 3.8) is 0 Å². The van der Waals surface area contributed by atoms with E-state index in [1.54, 1.807) is 11.8 Å². The van der Waals surface area contributed by atoms with Gasteiger partial charge >= 0.3 is 0 Å². The summed E-state index contributed by atoms with van der Waals surface area (Å²) in [6, 6.07) is 3.78. The Hall–Kier alpha value is -0.900. The highest BCUT2D eigenvalue weighted by Gasteiger charge is 2.05. The van der Waals surface area contributed by atoms with Gasteiger partial charge in [-0.05, 0) is 18.6 Å². The molecule has 0 aliphatic carbocycles. The number of pyridine rings is 1. The number of thioether (sulfide) groups is 1. The van der Waals surface area contributed by atoms with Crippen LogP contribution in [0, 0.1) is 0 Å². The molecule has 0 aliphatic heterocycles. The summed E-state index contributed by atoms with van der Waals surface area (Å²) in [7, 11) is 0. The van der Waals surface area contributed by atoms with E-state index in [1.807, 2.05) is 12.1 Å². The Bertz CT molecular complexity index is 315. The maximum absolute atomic E-state index is 5.76. The minimum Gasteiger partial charge on any atom is -0.476 e. The van der Waals surface area contributed by atoms with Crippen LogP contribution in [0.1, 0.15) is 27.2 Å². The lowest BCUT2D eigenvalue weighted by Gasteiger charge is -2.09. The molecule has 3 nitrogen and oxygen atoms in total. The number of anilines is 1. The molecule has 0 spiro atoms. The highest BCUT2D eigenvalue weighted by Crippen LogP contribution is 2.26. The second kappa shape index (κ2) is 5.85. The number of hydrogen-bond donors (Lipinski definition) is 1. The highest BCUT2D eigenvalue weighted by atomic mass is 32.2. The van der Waals surface area contributed by atoms with E-state index in [9.17, 15) is 0 Å². The van der Waals surface area contributed by atoms with E-state index in [-0.39, 0.29) is 0 Å². The maximum Gasteiger partial charge on any atom is 0.238 e. The summed E-state index contributed by atoms with van der Waals surface area (Å²) in [6.45, 7) is 6.99. The van der Waals surface area contributed by atoms with Crippen LogP contribution in [-0.2, 0) is 0 Å². The smallest absolute Gasteiger partial charge is 0.238 e. The van der Waals surface area contributed by atoms with E-state index in [1.165, 1.54) is 0 Å². The van der Waals surface area contributed by atoms with Crippen LogP contribution in [0.2, 0.25) is 0 Å². The van der Waals surface area contributed by atoms with Gasteiger partial charge in [0.25, 0.3) is 0 Å². The summed E-state index contributed by atoms with van der Waals surface area (Å²) in [5.74, 6) is 0.558. The molecule has 1 heterocycles. The molecule has 0 saturated heterocycles. The second-order valence-electron chi connectivity index (χ2n) is 3.56. The zero-order chi connectivity index (χ0) is 11.3. The van der Waals surface area contributed by atoms with Crippen molar-refractivity contribution in [2.45, 2.75) is 37.5 Å². The number of nitrogens with zero attached hydrogens (tertiary/aromatic N) is 1. The molecule has 2 N–H and O–H groups in total.